The molecule has 1 saturated heterocycles. The van der Waals surface area contributed by atoms with Gasteiger partial charge in [-0.15, -0.1) is 0 Å². The van der Waals surface area contributed by atoms with Crippen LogP contribution in [0, 0.1) is 5.92 Å². The first kappa shape index (κ1) is 12.5. The smallest absolute Gasteiger partial charge is 0.234 e. The number of likely N-dealkylation sites (tertiary alicyclic amines) is 1. The average Bonchev–Trinajstić information content (AvgIpc) is 2.17. The van der Waals surface area contributed by atoms with Crippen molar-refractivity contribution >= 4 is 5.91 Å². The number of carbonyl (C=O) groups excluding carboxylic acids is 1. The molecule has 1 aliphatic rings. The minimum absolute atomic E-state index is 0.00213. The van der Waals surface area contributed by atoms with E-state index in [4.69, 9.17) is 5.11 Å². The van der Waals surface area contributed by atoms with Gasteiger partial charge in [-0.1, -0.05) is 6.92 Å². The molecule has 88 valence electrons. The van der Waals surface area contributed by atoms with Gasteiger partial charge in [0, 0.05) is 12.6 Å². The lowest BCUT2D eigenvalue weighted by Crippen LogP contribution is -2.45. The predicted molar refractivity (Wildman–Crippen MR) is 59.5 cm³/mol. The fourth-order valence-corrected chi connectivity index (χ4v) is 2.00. The van der Waals surface area contributed by atoms with E-state index in [-0.39, 0.29) is 18.6 Å². The van der Waals surface area contributed by atoms with Crippen LogP contribution in [0.4, 0.5) is 0 Å². The van der Waals surface area contributed by atoms with E-state index in [0.717, 1.165) is 13.1 Å². The number of carbonyl (C=O) groups is 1. The van der Waals surface area contributed by atoms with Crippen molar-refractivity contribution in [2.24, 2.45) is 5.92 Å². The molecule has 1 rings (SSSR count). The van der Waals surface area contributed by atoms with Gasteiger partial charge in [-0.2, -0.15) is 0 Å². The third-order valence-corrected chi connectivity index (χ3v) is 2.79. The van der Waals surface area contributed by atoms with E-state index in [0.29, 0.717) is 12.5 Å². The van der Waals surface area contributed by atoms with Crippen molar-refractivity contribution in [3.63, 3.8) is 0 Å². The molecule has 1 amide bonds. The second kappa shape index (κ2) is 6.08. The van der Waals surface area contributed by atoms with Crippen molar-refractivity contribution < 1.29 is 9.90 Å². The number of aliphatic hydroxyl groups is 1. The molecule has 1 fully saturated rings. The number of rotatable bonds is 4. The molecule has 1 heterocycles. The van der Waals surface area contributed by atoms with Crippen LogP contribution >= 0.6 is 0 Å². The van der Waals surface area contributed by atoms with Crippen molar-refractivity contribution in [1.29, 1.82) is 0 Å². The lowest BCUT2D eigenvalue weighted by atomic mass is 10.0. The fraction of sp³-hybridized carbons (Fsp3) is 0.909. The number of piperidine rings is 1. The number of hydrogen-bond acceptors (Lipinski definition) is 3. The molecule has 1 aliphatic heterocycles. The molecular weight excluding hydrogens is 192 g/mol. The van der Waals surface area contributed by atoms with Gasteiger partial charge in [0.2, 0.25) is 5.91 Å². The second-order valence-electron chi connectivity index (χ2n) is 4.63. The quantitative estimate of drug-likeness (QED) is 0.703. The van der Waals surface area contributed by atoms with Crippen molar-refractivity contribution in [1.82, 2.24) is 10.2 Å². The van der Waals surface area contributed by atoms with Crippen LogP contribution in [0.2, 0.25) is 0 Å². The minimum Gasteiger partial charge on any atom is -0.394 e. The molecule has 4 nitrogen and oxygen atoms in total. The van der Waals surface area contributed by atoms with Gasteiger partial charge < -0.3 is 10.4 Å². The maximum Gasteiger partial charge on any atom is 0.234 e. The van der Waals surface area contributed by atoms with E-state index < -0.39 is 0 Å². The standard InChI is InChI=1S/C11H22N2O2/c1-9-4-3-5-13(6-9)7-11(15)12-10(2)8-14/h9-10,14H,3-8H2,1-2H3,(H,12,15)/t9-,10-/m1/s1. The van der Waals surface area contributed by atoms with Gasteiger partial charge in [0.05, 0.1) is 13.2 Å². The first-order chi connectivity index (χ1) is 7.11. The minimum atomic E-state index is -0.139. The van der Waals surface area contributed by atoms with Gasteiger partial charge in [0.1, 0.15) is 0 Å². The molecule has 0 spiro atoms. The van der Waals surface area contributed by atoms with E-state index in [2.05, 4.69) is 17.1 Å². The summed E-state index contributed by atoms with van der Waals surface area (Å²) in [4.78, 5) is 13.7. The maximum absolute atomic E-state index is 11.5. The molecule has 0 unspecified atom stereocenters. The highest BCUT2D eigenvalue weighted by molar-refractivity contribution is 5.78. The van der Waals surface area contributed by atoms with E-state index in [1.807, 2.05) is 0 Å². The summed E-state index contributed by atoms with van der Waals surface area (Å²) in [6, 6.07) is -0.139. The van der Waals surface area contributed by atoms with Crippen LogP contribution in [0.15, 0.2) is 0 Å². The molecule has 0 aromatic rings. The summed E-state index contributed by atoms with van der Waals surface area (Å²) in [5.74, 6) is 0.715. The van der Waals surface area contributed by atoms with Crippen molar-refractivity contribution in [2.45, 2.75) is 32.7 Å². The van der Waals surface area contributed by atoms with Gasteiger partial charge in [-0.3, -0.25) is 9.69 Å². The lowest BCUT2D eigenvalue weighted by Gasteiger charge is -2.30. The maximum atomic E-state index is 11.5. The molecule has 4 heteroatoms. The molecule has 0 aromatic carbocycles. The van der Waals surface area contributed by atoms with Crippen LogP contribution in [0.25, 0.3) is 0 Å². The largest absolute Gasteiger partial charge is 0.394 e. The first-order valence-corrected chi connectivity index (χ1v) is 5.74. The van der Waals surface area contributed by atoms with E-state index in [1.165, 1.54) is 12.8 Å². The topological polar surface area (TPSA) is 52.6 Å². The molecular formula is C11H22N2O2. The Morgan fingerprint density at radius 2 is 2.40 bits per heavy atom. The number of amides is 1. The number of hydrogen-bond donors (Lipinski definition) is 2. The summed E-state index contributed by atoms with van der Waals surface area (Å²) in [6.07, 6.45) is 2.45. The fourth-order valence-electron chi connectivity index (χ4n) is 2.00. The number of nitrogens with zero attached hydrogens (tertiary/aromatic N) is 1. The Hall–Kier alpha value is -0.610. The molecule has 15 heavy (non-hydrogen) atoms. The van der Waals surface area contributed by atoms with Crippen LogP contribution < -0.4 is 5.32 Å². The number of nitrogens with one attached hydrogen (secondary N) is 1. The van der Waals surface area contributed by atoms with Crippen LogP contribution in [-0.4, -0.2) is 48.2 Å². The third-order valence-electron chi connectivity index (χ3n) is 2.79. The van der Waals surface area contributed by atoms with Crippen molar-refractivity contribution in [2.75, 3.05) is 26.2 Å². The van der Waals surface area contributed by atoms with Crippen LogP contribution in [0.3, 0.4) is 0 Å². The van der Waals surface area contributed by atoms with E-state index in [1.54, 1.807) is 6.92 Å². The Morgan fingerprint density at radius 1 is 1.67 bits per heavy atom. The van der Waals surface area contributed by atoms with Gasteiger partial charge in [-0.25, -0.2) is 0 Å². The van der Waals surface area contributed by atoms with Crippen molar-refractivity contribution in [3.8, 4) is 0 Å². The highest BCUT2D eigenvalue weighted by Crippen LogP contribution is 2.14. The zero-order valence-corrected chi connectivity index (χ0v) is 9.70. The van der Waals surface area contributed by atoms with Crippen molar-refractivity contribution in [3.05, 3.63) is 0 Å². The van der Waals surface area contributed by atoms with Gasteiger partial charge in [0.15, 0.2) is 0 Å². The Bertz CT molecular complexity index is 209. The number of aliphatic hydroxyl groups excluding tert-OH is 1. The summed E-state index contributed by atoms with van der Waals surface area (Å²) in [5, 5.41) is 11.6. The first-order valence-electron chi connectivity index (χ1n) is 5.74. The van der Waals surface area contributed by atoms with Crippen LogP contribution in [-0.2, 0) is 4.79 Å². The average molecular weight is 214 g/mol. The van der Waals surface area contributed by atoms with Crippen LogP contribution in [0.1, 0.15) is 26.7 Å². The molecule has 2 N–H and O–H groups in total. The van der Waals surface area contributed by atoms with Gasteiger partial charge in [-0.05, 0) is 32.2 Å². The SMILES string of the molecule is C[C@@H]1CCCN(CC(=O)N[C@H](C)CO)C1. The highest BCUT2D eigenvalue weighted by Gasteiger charge is 2.18. The molecule has 0 aliphatic carbocycles. The van der Waals surface area contributed by atoms with Gasteiger partial charge >= 0.3 is 0 Å². The Labute approximate surface area is 91.6 Å². The summed E-state index contributed by atoms with van der Waals surface area (Å²) in [7, 11) is 0. The molecule has 0 aromatic heterocycles. The zero-order chi connectivity index (χ0) is 11.3. The monoisotopic (exact) mass is 214 g/mol. The summed E-state index contributed by atoms with van der Waals surface area (Å²) < 4.78 is 0. The summed E-state index contributed by atoms with van der Waals surface area (Å²) in [5.41, 5.74) is 0. The Balaban J connectivity index is 2.24. The molecule has 0 radical (unpaired) electrons. The summed E-state index contributed by atoms with van der Waals surface area (Å²) >= 11 is 0. The lowest BCUT2D eigenvalue weighted by molar-refractivity contribution is -0.123. The molecule has 0 saturated carbocycles. The Kier molecular flexibility index (Phi) is 5.05. The second-order valence-corrected chi connectivity index (χ2v) is 4.63. The molecule has 2 atom stereocenters. The predicted octanol–water partition coefficient (Wildman–Crippen LogP) is 0.215. The van der Waals surface area contributed by atoms with E-state index >= 15 is 0 Å². The highest BCUT2D eigenvalue weighted by atomic mass is 16.3. The Morgan fingerprint density at radius 3 is 3.00 bits per heavy atom. The third kappa shape index (κ3) is 4.62. The summed E-state index contributed by atoms with van der Waals surface area (Å²) in [6.45, 7) is 6.53. The normalized spacial score (nSPS) is 24.9. The zero-order valence-electron chi connectivity index (χ0n) is 9.70. The molecule has 0 bridgehead atoms. The van der Waals surface area contributed by atoms with Gasteiger partial charge in [0.25, 0.3) is 0 Å². The van der Waals surface area contributed by atoms with E-state index in [9.17, 15) is 4.79 Å². The van der Waals surface area contributed by atoms with Crippen LogP contribution in [0.5, 0.6) is 0 Å².